The number of ether oxygens (including phenoxy) is 1. The number of rotatable bonds is 6. The van der Waals surface area contributed by atoms with Crippen LogP contribution in [0.2, 0.25) is 0 Å². The Labute approximate surface area is 152 Å². The number of aromatic hydroxyl groups is 1. The number of benzene rings is 2. The zero-order chi connectivity index (χ0) is 19.4. The Morgan fingerprint density at radius 3 is 2.52 bits per heavy atom. The van der Waals surface area contributed by atoms with Gasteiger partial charge < -0.3 is 14.3 Å². The highest BCUT2D eigenvalue weighted by atomic mass is 19.1. The molecule has 0 aliphatic heterocycles. The number of carbonyl (C=O) groups excluding carboxylic acids is 2. The molecule has 0 saturated heterocycles. The molecule has 0 unspecified atom stereocenters. The second-order valence-electron chi connectivity index (χ2n) is 5.86. The molecular formula is C20H15FO6. The van der Waals surface area contributed by atoms with Gasteiger partial charge in [-0.05, 0) is 36.4 Å². The lowest BCUT2D eigenvalue weighted by molar-refractivity contribution is -0.144. The summed E-state index contributed by atoms with van der Waals surface area (Å²) >= 11 is 0. The predicted octanol–water partition coefficient (Wildman–Crippen LogP) is 3.34. The van der Waals surface area contributed by atoms with Gasteiger partial charge in [-0.2, -0.15) is 0 Å². The summed E-state index contributed by atoms with van der Waals surface area (Å²) in [4.78, 5) is 35.5. The Balaban J connectivity index is 1.61. The normalized spacial score (nSPS) is 10.7. The third-order valence-electron chi connectivity index (χ3n) is 3.92. The van der Waals surface area contributed by atoms with E-state index in [4.69, 9.17) is 9.15 Å². The average Bonchev–Trinajstić information content (AvgIpc) is 2.64. The van der Waals surface area contributed by atoms with Gasteiger partial charge in [-0.3, -0.25) is 9.59 Å². The Morgan fingerprint density at radius 1 is 1.04 bits per heavy atom. The van der Waals surface area contributed by atoms with Crippen molar-refractivity contribution in [3.05, 3.63) is 75.9 Å². The van der Waals surface area contributed by atoms with E-state index in [1.54, 1.807) is 6.07 Å². The van der Waals surface area contributed by atoms with Gasteiger partial charge in [0.05, 0.1) is 6.42 Å². The molecule has 0 amide bonds. The first-order chi connectivity index (χ1) is 12.9. The third kappa shape index (κ3) is 4.58. The molecule has 3 rings (SSSR count). The summed E-state index contributed by atoms with van der Waals surface area (Å²) in [6, 6.07) is 10.5. The number of fused-ring (bicyclic) bond motifs is 1. The molecule has 27 heavy (non-hydrogen) atoms. The van der Waals surface area contributed by atoms with Gasteiger partial charge in [0.25, 0.3) is 0 Å². The van der Waals surface area contributed by atoms with Gasteiger partial charge in [-0.1, -0.05) is 0 Å². The molecule has 2 aromatic carbocycles. The van der Waals surface area contributed by atoms with Crippen LogP contribution in [0.3, 0.4) is 0 Å². The Kier molecular flexibility index (Phi) is 5.30. The molecule has 7 heteroatoms. The fourth-order valence-electron chi connectivity index (χ4n) is 2.56. The van der Waals surface area contributed by atoms with E-state index in [0.717, 1.165) is 0 Å². The number of esters is 1. The quantitative estimate of drug-likeness (QED) is 0.406. The molecule has 3 aromatic rings. The molecule has 1 heterocycles. The molecule has 0 aliphatic carbocycles. The topological polar surface area (TPSA) is 93.8 Å². The molecule has 0 radical (unpaired) electrons. The molecule has 0 aliphatic rings. The van der Waals surface area contributed by atoms with Gasteiger partial charge in [-0.25, -0.2) is 9.18 Å². The number of hydrogen-bond acceptors (Lipinski definition) is 6. The largest absolute Gasteiger partial charge is 0.508 e. The van der Waals surface area contributed by atoms with E-state index in [2.05, 4.69) is 0 Å². The summed E-state index contributed by atoms with van der Waals surface area (Å²) in [6.45, 7) is -0.170. The smallest absolute Gasteiger partial charge is 0.336 e. The third-order valence-corrected chi connectivity index (χ3v) is 3.92. The van der Waals surface area contributed by atoms with Crippen LogP contribution in [0.15, 0.2) is 57.7 Å². The molecular weight excluding hydrogens is 355 g/mol. The molecule has 1 N–H and O–H groups in total. The van der Waals surface area contributed by atoms with Crippen molar-refractivity contribution < 1.29 is 28.2 Å². The maximum absolute atomic E-state index is 12.9. The standard InChI is InChI=1S/C20H15FO6/c21-14-3-1-12(2-4-14)17(23)7-8-19(24)26-11-13-9-20(25)27-18-10-15(22)5-6-16(13)18/h1-6,9-10,22H,7-8,11H2. The second kappa shape index (κ2) is 7.82. The van der Waals surface area contributed by atoms with Gasteiger partial charge in [0.15, 0.2) is 5.78 Å². The minimum atomic E-state index is -0.634. The zero-order valence-electron chi connectivity index (χ0n) is 14.1. The predicted molar refractivity (Wildman–Crippen MR) is 93.9 cm³/mol. The average molecular weight is 370 g/mol. The van der Waals surface area contributed by atoms with Crippen LogP contribution in [-0.4, -0.2) is 16.9 Å². The SMILES string of the molecule is O=C(CCC(=O)c1ccc(F)cc1)OCc1cc(=O)oc2cc(O)ccc12. The highest BCUT2D eigenvalue weighted by Gasteiger charge is 2.12. The second-order valence-corrected chi connectivity index (χ2v) is 5.86. The van der Waals surface area contributed by atoms with Gasteiger partial charge in [-0.15, -0.1) is 0 Å². The Hall–Kier alpha value is -3.48. The number of Topliss-reactive ketones (excluding diaryl/α,β-unsaturated/α-hetero) is 1. The van der Waals surface area contributed by atoms with Crippen LogP contribution in [0.5, 0.6) is 5.75 Å². The van der Waals surface area contributed by atoms with E-state index >= 15 is 0 Å². The van der Waals surface area contributed by atoms with Crippen LogP contribution < -0.4 is 5.63 Å². The van der Waals surface area contributed by atoms with Crippen LogP contribution in [0, 0.1) is 5.82 Å². The number of phenolic OH excluding ortho intramolecular Hbond substituents is 1. The summed E-state index contributed by atoms with van der Waals surface area (Å²) < 4.78 is 23.0. The van der Waals surface area contributed by atoms with Gasteiger partial charge in [0.1, 0.15) is 23.8 Å². The first-order valence-electron chi connectivity index (χ1n) is 8.12. The maximum Gasteiger partial charge on any atom is 0.336 e. The van der Waals surface area contributed by atoms with Crippen molar-refractivity contribution >= 4 is 22.7 Å². The molecule has 0 saturated carbocycles. The van der Waals surface area contributed by atoms with Crippen LogP contribution in [0.1, 0.15) is 28.8 Å². The summed E-state index contributed by atoms with van der Waals surface area (Å²) in [7, 11) is 0. The fraction of sp³-hybridized carbons (Fsp3) is 0.150. The summed E-state index contributed by atoms with van der Waals surface area (Å²) in [5.41, 5.74) is 0.292. The number of hydrogen-bond donors (Lipinski definition) is 1. The number of carbonyl (C=O) groups is 2. The molecule has 0 spiro atoms. The monoisotopic (exact) mass is 370 g/mol. The van der Waals surface area contributed by atoms with Crippen LogP contribution in [0.4, 0.5) is 4.39 Å². The number of ketones is 1. The molecule has 1 aromatic heterocycles. The minimum absolute atomic E-state index is 0.0564. The van der Waals surface area contributed by atoms with Crippen molar-refractivity contribution in [2.45, 2.75) is 19.4 Å². The van der Waals surface area contributed by atoms with E-state index in [0.29, 0.717) is 16.5 Å². The van der Waals surface area contributed by atoms with Crippen molar-refractivity contribution in [2.24, 2.45) is 0 Å². The van der Waals surface area contributed by atoms with Crippen molar-refractivity contribution in [1.29, 1.82) is 0 Å². The van der Waals surface area contributed by atoms with E-state index in [1.165, 1.54) is 42.5 Å². The molecule has 0 atom stereocenters. The highest BCUT2D eigenvalue weighted by molar-refractivity contribution is 5.97. The number of halogens is 1. The van der Waals surface area contributed by atoms with Gasteiger partial charge >= 0.3 is 11.6 Å². The lowest BCUT2D eigenvalue weighted by Gasteiger charge is -2.07. The lowest BCUT2D eigenvalue weighted by Crippen LogP contribution is -2.10. The van der Waals surface area contributed by atoms with E-state index in [-0.39, 0.29) is 36.6 Å². The fourth-order valence-corrected chi connectivity index (χ4v) is 2.56. The minimum Gasteiger partial charge on any atom is -0.508 e. The Bertz CT molecular complexity index is 1050. The van der Waals surface area contributed by atoms with Gasteiger partial charge in [0, 0.05) is 35.1 Å². The molecule has 138 valence electrons. The van der Waals surface area contributed by atoms with Crippen molar-refractivity contribution in [2.75, 3.05) is 0 Å². The van der Waals surface area contributed by atoms with Crippen molar-refractivity contribution in [3.63, 3.8) is 0 Å². The highest BCUT2D eigenvalue weighted by Crippen LogP contribution is 2.22. The van der Waals surface area contributed by atoms with Crippen molar-refractivity contribution in [1.82, 2.24) is 0 Å². The molecule has 0 fully saturated rings. The summed E-state index contributed by atoms with van der Waals surface area (Å²) in [5, 5.41) is 9.99. The molecule has 6 nitrogen and oxygen atoms in total. The summed E-state index contributed by atoms with van der Waals surface area (Å²) in [5.74, 6) is -1.41. The van der Waals surface area contributed by atoms with Crippen LogP contribution >= 0.6 is 0 Å². The maximum atomic E-state index is 12.9. The van der Waals surface area contributed by atoms with E-state index in [9.17, 15) is 23.9 Å². The van der Waals surface area contributed by atoms with E-state index < -0.39 is 17.4 Å². The lowest BCUT2D eigenvalue weighted by atomic mass is 10.1. The van der Waals surface area contributed by atoms with Crippen LogP contribution in [0.25, 0.3) is 11.0 Å². The molecule has 0 bridgehead atoms. The number of phenols is 1. The first kappa shape index (κ1) is 18.3. The Morgan fingerprint density at radius 2 is 1.78 bits per heavy atom. The first-order valence-corrected chi connectivity index (χ1v) is 8.12. The van der Waals surface area contributed by atoms with Crippen molar-refractivity contribution in [3.8, 4) is 5.75 Å². The van der Waals surface area contributed by atoms with Crippen LogP contribution in [-0.2, 0) is 16.1 Å². The van der Waals surface area contributed by atoms with E-state index in [1.807, 2.05) is 0 Å². The van der Waals surface area contributed by atoms with Gasteiger partial charge in [0.2, 0.25) is 0 Å². The zero-order valence-corrected chi connectivity index (χ0v) is 14.1. The summed E-state index contributed by atoms with van der Waals surface area (Å²) in [6.07, 6.45) is -0.216.